The van der Waals surface area contributed by atoms with Gasteiger partial charge in [-0.25, -0.2) is 0 Å². The van der Waals surface area contributed by atoms with Crippen LogP contribution in [0.4, 0.5) is 0 Å². The molecule has 1 N–H and O–H groups in total. The van der Waals surface area contributed by atoms with E-state index in [-0.39, 0.29) is 17.9 Å². The van der Waals surface area contributed by atoms with Crippen LogP contribution in [-0.2, 0) is 16.1 Å². The van der Waals surface area contributed by atoms with Crippen LogP contribution in [0.5, 0.6) is 11.5 Å². The molecule has 0 radical (unpaired) electrons. The van der Waals surface area contributed by atoms with Gasteiger partial charge < -0.3 is 23.9 Å². The molecule has 0 unspecified atom stereocenters. The number of methoxy groups -OCH3 is 2. The van der Waals surface area contributed by atoms with Gasteiger partial charge in [-0.1, -0.05) is 29.8 Å². The van der Waals surface area contributed by atoms with Crippen molar-refractivity contribution in [3.8, 4) is 11.5 Å². The van der Waals surface area contributed by atoms with Gasteiger partial charge in [-0.15, -0.1) is 0 Å². The molecule has 1 saturated heterocycles. The Morgan fingerprint density at radius 2 is 1.81 bits per heavy atom. The van der Waals surface area contributed by atoms with Crippen LogP contribution in [0.15, 0.2) is 70.9 Å². The summed E-state index contributed by atoms with van der Waals surface area (Å²) in [6, 6.07) is 14.8. The number of furan rings is 1. The first kappa shape index (κ1) is 21.2. The summed E-state index contributed by atoms with van der Waals surface area (Å²) in [5.41, 5.74) is 2.00. The zero-order valence-corrected chi connectivity index (χ0v) is 18.0. The van der Waals surface area contributed by atoms with Gasteiger partial charge in [0.25, 0.3) is 11.7 Å². The molecule has 1 atom stereocenters. The van der Waals surface area contributed by atoms with Crippen molar-refractivity contribution < 1.29 is 28.6 Å². The monoisotopic (exact) mass is 433 g/mol. The second-order valence-corrected chi connectivity index (χ2v) is 7.48. The minimum absolute atomic E-state index is 0.00567. The Hall–Kier alpha value is -4.00. The van der Waals surface area contributed by atoms with Crippen molar-refractivity contribution in [3.05, 3.63) is 88.9 Å². The van der Waals surface area contributed by atoms with Crippen molar-refractivity contribution in [2.24, 2.45) is 0 Å². The summed E-state index contributed by atoms with van der Waals surface area (Å²) in [5.74, 6) is -0.231. The van der Waals surface area contributed by atoms with E-state index in [9.17, 15) is 14.7 Å². The molecule has 0 bridgehead atoms. The minimum atomic E-state index is -0.873. The predicted molar refractivity (Wildman–Crippen MR) is 117 cm³/mol. The molecule has 0 spiro atoms. The lowest BCUT2D eigenvalue weighted by Crippen LogP contribution is -2.29. The SMILES string of the molecule is COc1ccc([C@H]2C(=C(O)c3ccc(C)cc3)C(=O)C(=O)N2Cc2ccco2)c(OC)c1. The Morgan fingerprint density at radius 3 is 2.44 bits per heavy atom. The zero-order valence-electron chi connectivity index (χ0n) is 18.0. The smallest absolute Gasteiger partial charge is 0.296 e. The standard InChI is InChI=1S/C25H23NO6/c1-15-6-8-16(9-7-15)23(27)21-22(19-11-10-17(30-2)13-20(19)31-3)26(25(29)24(21)28)14-18-5-4-12-32-18/h4-13,22,27H,14H2,1-3H3/t22-/m0/s1. The minimum Gasteiger partial charge on any atom is -0.507 e. The molecular formula is C25H23NO6. The molecule has 2 heterocycles. The number of Topliss-reactive ketones (excluding diaryl/α,β-unsaturated/α-hetero) is 1. The van der Waals surface area contributed by atoms with Crippen molar-refractivity contribution in [2.45, 2.75) is 19.5 Å². The normalized spacial score (nSPS) is 17.6. The third kappa shape index (κ3) is 3.73. The first-order valence-electron chi connectivity index (χ1n) is 10.0. The highest BCUT2D eigenvalue weighted by Gasteiger charge is 2.47. The maximum Gasteiger partial charge on any atom is 0.296 e. The number of ether oxygens (including phenoxy) is 2. The van der Waals surface area contributed by atoms with E-state index < -0.39 is 17.7 Å². The number of hydrogen-bond donors (Lipinski definition) is 1. The van der Waals surface area contributed by atoms with Gasteiger partial charge >= 0.3 is 0 Å². The average Bonchev–Trinajstić information content (AvgIpc) is 3.41. The quantitative estimate of drug-likeness (QED) is 0.356. The van der Waals surface area contributed by atoms with Crippen molar-refractivity contribution >= 4 is 17.4 Å². The number of aliphatic hydroxyl groups excluding tert-OH is 1. The summed E-state index contributed by atoms with van der Waals surface area (Å²) in [7, 11) is 3.03. The van der Waals surface area contributed by atoms with Gasteiger partial charge in [0.1, 0.15) is 23.0 Å². The van der Waals surface area contributed by atoms with Crippen molar-refractivity contribution in [3.63, 3.8) is 0 Å². The van der Waals surface area contributed by atoms with Crippen molar-refractivity contribution in [1.29, 1.82) is 0 Å². The second-order valence-electron chi connectivity index (χ2n) is 7.48. The van der Waals surface area contributed by atoms with E-state index in [0.29, 0.717) is 28.4 Å². The second kappa shape index (κ2) is 8.63. The number of likely N-dealkylation sites (tertiary alicyclic amines) is 1. The van der Waals surface area contributed by atoms with Gasteiger partial charge in [-0.2, -0.15) is 0 Å². The molecule has 164 valence electrons. The fourth-order valence-corrected chi connectivity index (χ4v) is 3.85. The molecule has 3 aromatic rings. The Morgan fingerprint density at radius 1 is 1.06 bits per heavy atom. The lowest BCUT2D eigenvalue weighted by molar-refractivity contribution is -0.140. The number of benzene rings is 2. The zero-order chi connectivity index (χ0) is 22.8. The molecular weight excluding hydrogens is 410 g/mol. The van der Waals surface area contributed by atoms with Crippen LogP contribution in [0.2, 0.25) is 0 Å². The molecule has 1 aliphatic heterocycles. The third-order valence-corrected chi connectivity index (χ3v) is 5.51. The van der Waals surface area contributed by atoms with Crippen molar-refractivity contribution in [2.75, 3.05) is 14.2 Å². The lowest BCUT2D eigenvalue weighted by atomic mass is 9.94. The topological polar surface area (TPSA) is 89.2 Å². The molecule has 0 aliphatic carbocycles. The predicted octanol–water partition coefficient (Wildman–Crippen LogP) is 4.23. The molecule has 7 nitrogen and oxygen atoms in total. The Balaban J connectivity index is 1.91. The highest BCUT2D eigenvalue weighted by atomic mass is 16.5. The Bertz CT molecular complexity index is 1180. The largest absolute Gasteiger partial charge is 0.507 e. The van der Waals surface area contributed by atoms with Crippen LogP contribution in [0.3, 0.4) is 0 Å². The molecule has 32 heavy (non-hydrogen) atoms. The third-order valence-electron chi connectivity index (χ3n) is 5.51. The Kier molecular flexibility index (Phi) is 5.73. The van der Waals surface area contributed by atoms with Gasteiger partial charge in [-0.05, 0) is 31.2 Å². The summed E-state index contributed by atoms with van der Waals surface area (Å²) < 4.78 is 16.2. The summed E-state index contributed by atoms with van der Waals surface area (Å²) in [5, 5.41) is 11.1. The number of nitrogens with zero attached hydrogens (tertiary/aromatic N) is 1. The molecule has 0 saturated carbocycles. The first-order valence-corrected chi connectivity index (χ1v) is 10.0. The fourth-order valence-electron chi connectivity index (χ4n) is 3.85. The van der Waals surface area contributed by atoms with Crippen LogP contribution in [0, 0.1) is 6.92 Å². The van der Waals surface area contributed by atoms with E-state index in [1.807, 2.05) is 19.1 Å². The number of carbonyl (C=O) groups is 2. The van der Waals surface area contributed by atoms with Crippen LogP contribution in [0.1, 0.15) is 28.5 Å². The maximum absolute atomic E-state index is 13.1. The average molecular weight is 433 g/mol. The number of carbonyl (C=O) groups excluding carboxylic acids is 2. The molecule has 1 fully saturated rings. The first-order chi connectivity index (χ1) is 15.4. The lowest BCUT2D eigenvalue weighted by Gasteiger charge is -2.26. The summed E-state index contributed by atoms with van der Waals surface area (Å²) in [6.07, 6.45) is 1.50. The van der Waals surface area contributed by atoms with Crippen LogP contribution < -0.4 is 9.47 Å². The number of ketones is 1. The van der Waals surface area contributed by atoms with Crippen LogP contribution in [0.25, 0.3) is 5.76 Å². The number of aryl methyl sites for hydroxylation is 1. The molecule has 7 heteroatoms. The van der Waals surface area contributed by atoms with Gasteiger partial charge in [-0.3, -0.25) is 9.59 Å². The molecule has 2 aromatic carbocycles. The Labute approximate surface area is 185 Å². The molecule has 4 rings (SSSR count). The highest BCUT2D eigenvalue weighted by Crippen LogP contribution is 2.44. The van der Waals surface area contributed by atoms with Gasteiger partial charge in [0, 0.05) is 17.2 Å². The number of amides is 1. The van der Waals surface area contributed by atoms with E-state index >= 15 is 0 Å². The maximum atomic E-state index is 13.1. The van der Waals surface area contributed by atoms with E-state index in [1.54, 1.807) is 42.5 Å². The van der Waals surface area contributed by atoms with E-state index in [2.05, 4.69) is 0 Å². The summed E-state index contributed by atoms with van der Waals surface area (Å²) in [6.45, 7) is 1.98. The number of rotatable bonds is 6. The van der Waals surface area contributed by atoms with Gasteiger partial charge in [0.05, 0.1) is 38.6 Å². The summed E-state index contributed by atoms with van der Waals surface area (Å²) in [4.78, 5) is 27.6. The van der Waals surface area contributed by atoms with Gasteiger partial charge in [0.2, 0.25) is 0 Å². The summed E-state index contributed by atoms with van der Waals surface area (Å²) >= 11 is 0. The number of hydrogen-bond acceptors (Lipinski definition) is 6. The molecule has 1 amide bonds. The number of aliphatic hydroxyl groups is 1. The highest BCUT2D eigenvalue weighted by molar-refractivity contribution is 6.46. The van der Waals surface area contributed by atoms with E-state index in [0.717, 1.165) is 5.56 Å². The molecule has 1 aliphatic rings. The van der Waals surface area contributed by atoms with Crippen LogP contribution in [-0.4, -0.2) is 35.9 Å². The fraction of sp³-hybridized carbons (Fsp3) is 0.200. The van der Waals surface area contributed by atoms with Crippen molar-refractivity contribution in [1.82, 2.24) is 4.90 Å². The van der Waals surface area contributed by atoms with Crippen LogP contribution >= 0.6 is 0 Å². The van der Waals surface area contributed by atoms with E-state index in [4.69, 9.17) is 13.9 Å². The van der Waals surface area contributed by atoms with Gasteiger partial charge in [0.15, 0.2) is 0 Å². The van der Waals surface area contributed by atoms with E-state index in [1.165, 1.54) is 25.4 Å². The molecule has 1 aromatic heterocycles.